The molecule has 0 N–H and O–H groups in total. The first-order chi connectivity index (χ1) is 7.85. The first-order valence-electron chi connectivity index (χ1n) is 4.69. The van der Waals surface area contributed by atoms with E-state index in [1.54, 1.807) is 14.2 Å². The van der Waals surface area contributed by atoms with Gasteiger partial charge in [0.15, 0.2) is 17.3 Å². The number of nitrogens with zero attached hydrogens (tertiary/aromatic N) is 3. The van der Waals surface area contributed by atoms with Gasteiger partial charge in [-0.2, -0.15) is 0 Å². The van der Waals surface area contributed by atoms with Crippen molar-refractivity contribution in [1.29, 1.82) is 0 Å². The number of aromatic nitrogens is 3. The van der Waals surface area contributed by atoms with Crippen molar-refractivity contribution in [3.63, 3.8) is 0 Å². The molecule has 1 aromatic carbocycles. The average Bonchev–Trinajstić information content (AvgIpc) is 2.39. The van der Waals surface area contributed by atoms with Gasteiger partial charge in [-0.3, -0.25) is 0 Å². The third kappa shape index (κ3) is 1.93. The molecule has 0 atom stereocenters. The second kappa shape index (κ2) is 4.57. The largest absolute Gasteiger partial charge is 0.493 e. The fourth-order valence-corrected chi connectivity index (χ4v) is 1.36. The van der Waals surface area contributed by atoms with Crippen LogP contribution in [-0.4, -0.2) is 29.2 Å². The van der Waals surface area contributed by atoms with E-state index in [0.717, 1.165) is 5.56 Å². The summed E-state index contributed by atoms with van der Waals surface area (Å²) >= 11 is 0. The molecule has 0 aliphatic carbocycles. The molecule has 0 saturated heterocycles. The van der Waals surface area contributed by atoms with Gasteiger partial charge in [0.1, 0.15) is 12.7 Å². The van der Waals surface area contributed by atoms with Crippen LogP contribution in [-0.2, 0) is 0 Å². The zero-order valence-electron chi connectivity index (χ0n) is 9.04. The Bertz CT molecular complexity index is 474. The molecule has 0 unspecified atom stereocenters. The number of rotatable bonds is 3. The van der Waals surface area contributed by atoms with Gasteiger partial charge in [0, 0.05) is 5.56 Å². The fourth-order valence-electron chi connectivity index (χ4n) is 1.36. The molecule has 0 amide bonds. The zero-order chi connectivity index (χ0) is 11.4. The topological polar surface area (TPSA) is 57.1 Å². The van der Waals surface area contributed by atoms with Crippen molar-refractivity contribution >= 4 is 0 Å². The molecular formula is C11H11N3O2. The third-order valence-electron chi connectivity index (χ3n) is 2.14. The molecule has 1 aromatic heterocycles. The lowest BCUT2D eigenvalue weighted by molar-refractivity contribution is 0.355. The van der Waals surface area contributed by atoms with Crippen LogP contribution in [0, 0.1) is 0 Å². The second-order valence-electron chi connectivity index (χ2n) is 3.03. The van der Waals surface area contributed by atoms with Gasteiger partial charge in [-0.15, -0.1) is 0 Å². The van der Waals surface area contributed by atoms with Crippen LogP contribution in [0.3, 0.4) is 0 Å². The molecular weight excluding hydrogens is 206 g/mol. The smallest absolute Gasteiger partial charge is 0.162 e. The van der Waals surface area contributed by atoms with E-state index in [1.807, 2.05) is 18.2 Å². The molecule has 5 nitrogen and oxygen atoms in total. The Morgan fingerprint density at radius 3 is 2.25 bits per heavy atom. The number of methoxy groups -OCH3 is 2. The molecule has 5 heteroatoms. The quantitative estimate of drug-likeness (QED) is 0.780. The van der Waals surface area contributed by atoms with Crippen molar-refractivity contribution < 1.29 is 9.47 Å². The minimum Gasteiger partial charge on any atom is -0.493 e. The summed E-state index contributed by atoms with van der Waals surface area (Å²) in [5, 5.41) is 0. The summed E-state index contributed by atoms with van der Waals surface area (Å²) in [5.74, 6) is 1.94. The molecule has 2 rings (SSSR count). The van der Waals surface area contributed by atoms with Crippen molar-refractivity contribution in [1.82, 2.24) is 15.0 Å². The second-order valence-corrected chi connectivity index (χ2v) is 3.03. The van der Waals surface area contributed by atoms with E-state index >= 15 is 0 Å². The van der Waals surface area contributed by atoms with E-state index in [9.17, 15) is 0 Å². The van der Waals surface area contributed by atoms with Gasteiger partial charge in [-0.1, -0.05) is 0 Å². The lowest BCUT2D eigenvalue weighted by Crippen LogP contribution is -1.93. The molecule has 1 heterocycles. The number of hydrogen-bond donors (Lipinski definition) is 0. The van der Waals surface area contributed by atoms with Gasteiger partial charge in [-0.25, -0.2) is 15.0 Å². The van der Waals surface area contributed by atoms with Gasteiger partial charge < -0.3 is 9.47 Å². The van der Waals surface area contributed by atoms with E-state index in [2.05, 4.69) is 15.0 Å². The maximum atomic E-state index is 5.20. The number of benzene rings is 1. The summed E-state index contributed by atoms with van der Waals surface area (Å²) < 4.78 is 10.4. The predicted octanol–water partition coefficient (Wildman–Crippen LogP) is 1.56. The standard InChI is InChI=1S/C11H11N3O2/c1-15-9-4-3-8(5-10(9)16-2)11-13-6-12-7-14-11/h3-7H,1-2H3. The lowest BCUT2D eigenvalue weighted by atomic mass is 10.2. The molecule has 0 aliphatic heterocycles. The molecule has 0 bridgehead atoms. The third-order valence-corrected chi connectivity index (χ3v) is 2.14. The summed E-state index contributed by atoms with van der Waals surface area (Å²) in [5.41, 5.74) is 0.861. The van der Waals surface area contributed by atoms with Crippen LogP contribution in [0.15, 0.2) is 30.9 Å². The SMILES string of the molecule is COc1ccc(-c2ncncn2)cc1OC. The Hall–Kier alpha value is -2.17. The van der Waals surface area contributed by atoms with E-state index in [0.29, 0.717) is 17.3 Å². The van der Waals surface area contributed by atoms with Crippen molar-refractivity contribution in [2.24, 2.45) is 0 Å². The van der Waals surface area contributed by atoms with Gasteiger partial charge in [0.25, 0.3) is 0 Å². The van der Waals surface area contributed by atoms with Gasteiger partial charge in [0.05, 0.1) is 14.2 Å². The van der Waals surface area contributed by atoms with Crippen LogP contribution in [0.25, 0.3) is 11.4 Å². The first kappa shape index (κ1) is 10.4. The highest BCUT2D eigenvalue weighted by molar-refractivity contribution is 5.60. The Labute approximate surface area is 93.1 Å². The van der Waals surface area contributed by atoms with Crippen LogP contribution in [0.5, 0.6) is 11.5 Å². The molecule has 0 spiro atoms. The van der Waals surface area contributed by atoms with Crippen LogP contribution in [0.4, 0.5) is 0 Å². The van der Waals surface area contributed by atoms with Gasteiger partial charge >= 0.3 is 0 Å². The Morgan fingerprint density at radius 2 is 1.62 bits per heavy atom. The minimum absolute atomic E-state index is 0.607. The Morgan fingerprint density at radius 1 is 0.938 bits per heavy atom. The van der Waals surface area contributed by atoms with Gasteiger partial charge in [0.2, 0.25) is 0 Å². The zero-order valence-corrected chi connectivity index (χ0v) is 9.04. The maximum absolute atomic E-state index is 5.20. The molecule has 0 radical (unpaired) electrons. The predicted molar refractivity (Wildman–Crippen MR) is 58.4 cm³/mol. The highest BCUT2D eigenvalue weighted by Crippen LogP contribution is 2.30. The summed E-state index contributed by atoms with van der Waals surface area (Å²) in [7, 11) is 3.19. The lowest BCUT2D eigenvalue weighted by Gasteiger charge is -2.08. The highest BCUT2D eigenvalue weighted by atomic mass is 16.5. The first-order valence-corrected chi connectivity index (χ1v) is 4.69. The van der Waals surface area contributed by atoms with E-state index < -0.39 is 0 Å². The minimum atomic E-state index is 0.607. The molecule has 2 aromatic rings. The normalized spacial score (nSPS) is 9.88. The van der Waals surface area contributed by atoms with E-state index in [-0.39, 0.29) is 0 Å². The summed E-state index contributed by atoms with van der Waals surface area (Å²) in [4.78, 5) is 11.9. The summed E-state index contributed by atoms with van der Waals surface area (Å²) in [6.07, 6.45) is 2.91. The van der Waals surface area contributed by atoms with Crippen LogP contribution in [0.2, 0.25) is 0 Å². The van der Waals surface area contributed by atoms with E-state index in [1.165, 1.54) is 12.7 Å². The monoisotopic (exact) mass is 217 g/mol. The van der Waals surface area contributed by atoms with Crippen molar-refractivity contribution in [3.8, 4) is 22.9 Å². The average molecular weight is 217 g/mol. The van der Waals surface area contributed by atoms with Gasteiger partial charge in [-0.05, 0) is 18.2 Å². The Kier molecular flexibility index (Phi) is 2.95. The van der Waals surface area contributed by atoms with Crippen molar-refractivity contribution in [3.05, 3.63) is 30.9 Å². The number of hydrogen-bond acceptors (Lipinski definition) is 5. The fraction of sp³-hybridized carbons (Fsp3) is 0.182. The summed E-state index contributed by atoms with van der Waals surface area (Å²) in [6, 6.07) is 5.52. The molecule has 0 aliphatic rings. The van der Waals surface area contributed by atoms with Crippen molar-refractivity contribution in [2.75, 3.05) is 14.2 Å². The van der Waals surface area contributed by atoms with Crippen molar-refractivity contribution in [2.45, 2.75) is 0 Å². The van der Waals surface area contributed by atoms with Crippen LogP contribution in [0.1, 0.15) is 0 Å². The summed E-state index contributed by atoms with van der Waals surface area (Å²) in [6.45, 7) is 0. The molecule has 0 saturated carbocycles. The molecule has 82 valence electrons. The molecule has 0 fully saturated rings. The number of ether oxygens (including phenoxy) is 2. The Balaban J connectivity index is 2.44. The maximum Gasteiger partial charge on any atom is 0.162 e. The van der Waals surface area contributed by atoms with Crippen LogP contribution >= 0.6 is 0 Å². The highest BCUT2D eigenvalue weighted by Gasteiger charge is 2.07. The van der Waals surface area contributed by atoms with E-state index in [4.69, 9.17) is 9.47 Å². The molecule has 16 heavy (non-hydrogen) atoms. The van der Waals surface area contributed by atoms with Crippen LogP contribution < -0.4 is 9.47 Å².